The average molecular weight is 156 g/mol. The Morgan fingerprint density at radius 1 is 1.86 bits per heavy atom. The molecule has 0 aliphatic carbocycles. The maximum absolute atomic E-state index is 8.07. The number of rotatable bonds is 2. The van der Waals surface area contributed by atoms with Crippen LogP contribution in [0.3, 0.4) is 0 Å². The van der Waals surface area contributed by atoms with Crippen LogP contribution in [0.25, 0.3) is 0 Å². The van der Waals surface area contributed by atoms with Crippen LogP contribution in [0.15, 0.2) is 0 Å². The van der Waals surface area contributed by atoms with Crippen molar-refractivity contribution in [1.82, 2.24) is 0 Å². The molecule has 2 nitrogen and oxygen atoms in total. The molecule has 0 radical (unpaired) electrons. The molecule has 0 amide bonds. The van der Waals surface area contributed by atoms with Crippen LogP contribution >= 0.6 is 27.9 Å². The third kappa shape index (κ3) is 6.78. The molecular weight excluding hydrogens is 150 g/mol. The quantitative estimate of drug-likeness (QED) is 0.378. The monoisotopic (exact) mass is 156 g/mol. The van der Waals surface area contributed by atoms with Gasteiger partial charge in [0.15, 0.2) is 0 Å². The summed E-state index contributed by atoms with van der Waals surface area (Å²) in [6.07, 6.45) is 0. The summed E-state index contributed by atoms with van der Waals surface area (Å²) in [5.74, 6) is 0. The standard InChI is InChI=1S/C2H6O2P2S/c1-2-5-4-6-7-3/h3,5-6H,1H3. The van der Waals surface area contributed by atoms with Crippen LogP contribution in [0.4, 0.5) is 0 Å². The first-order chi connectivity index (χ1) is 3.41. The van der Waals surface area contributed by atoms with E-state index in [0.717, 1.165) is 0 Å². The summed E-state index contributed by atoms with van der Waals surface area (Å²) in [4.78, 5) is 0. The summed E-state index contributed by atoms with van der Waals surface area (Å²) >= 11 is 0.714. The average Bonchev–Trinajstić information content (AvgIpc) is 1.69. The molecule has 0 aromatic rings. The van der Waals surface area contributed by atoms with Crippen LogP contribution in [0.1, 0.15) is 6.92 Å². The molecule has 1 N–H and O–H groups in total. The zero-order valence-corrected chi connectivity index (χ0v) is 6.58. The van der Waals surface area contributed by atoms with Gasteiger partial charge in [-0.05, 0) is 6.92 Å². The van der Waals surface area contributed by atoms with E-state index in [1.54, 1.807) is 6.92 Å². The topological polar surface area (TPSA) is 29.5 Å². The third-order valence-electron chi connectivity index (χ3n) is 0.232. The molecule has 2 unspecified atom stereocenters. The molecule has 0 spiro atoms. The summed E-state index contributed by atoms with van der Waals surface area (Å²) < 4.78 is 12.9. The molecule has 42 valence electrons. The highest BCUT2D eigenvalue weighted by atomic mass is 32.7. The van der Waals surface area contributed by atoms with E-state index in [4.69, 9.17) is 8.86 Å². The van der Waals surface area contributed by atoms with Crippen LogP contribution in [-0.4, -0.2) is 4.55 Å². The minimum Gasteiger partial charge on any atom is -0.324 e. The van der Waals surface area contributed by atoms with E-state index in [0.29, 0.717) is 19.9 Å². The fourth-order valence-corrected chi connectivity index (χ4v) is 1.52. The Balaban J connectivity index is 2.78. The smallest absolute Gasteiger partial charge is 0.116 e. The first-order valence-electron chi connectivity index (χ1n) is 1.54. The van der Waals surface area contributed by atoms with Gasteiger partial charge < -0.3 is 8.86 Å². The zero-order valence-electron chi connectivity index (χ0n) is 3.76. The van der Waals surface area contributed by atoms with Crippen molar-refractivity contribution in [2.45, 2.75) is 6.92 Å². The van der Waals surface area contributed by atoms with Crippen molar-refractivity contribution in [3.05, 3.63) is 0 Å². The molecule has 0 fully saturated rings. The maximum atomic E-state index is 8.07. The second-order valence-corrected chi connectivity index (χ2v) is 3.55. The lowest BCUT2D eigenvalue weighted by Crippen LogP contribution is -1.38. The van der Waals surface area contributed by atoms with Gasteiger partial charge in [-0.25, -0.2) is 0 Å². The SMILES string of the molecule is CC#[PH]OPSO. The lowest BCUT2D eigenvalue weighted by molar-refractivity contribution is 0.669. The van der Waals surface area contributed by atoms with Crippen LogP contribution in [0.2, 0.25) is 0 Å². The molecule has 0 aliphatic rings. The summed E-state index contributed by atoms with van der Waals surface area (Å²) in [6.45, 7) is 1.80. The van der Waals surface area contributed by atoms with Crippen molar-refractivity contribution in [1.29, 1.82) is 0 Å². The molecule has 0 saturated heterocycles. The number of hydrogen-bond donors (Lipinski definition) is 1. The molecule has 0 saturated carbocycles. The molecule has 0 aliphatic heterocycles. The van der Waals surface area contributed by atoms with Gasteiger partial charge >= 0.3 is 0 Å². The van der Waals surface area contributed by atoms with Gasteiger partial charge in [-0.15, -0.1) is 5.63 Å². The fourth-order valence-electron chi connectivity index (χ4n) is 0.0905. The van der Waals surface area contributed by atoms with Crippen molar-refractivity contribution in [3.8, 4) is 5.63 Å². The summed E-state index contributed by atoms with van der Waals surface area (Å²) in [5, 5.41) is 0. The van der Waals surface area contributed by atoms with Gasteiger partial charge in [0.05, 0.1) is 0 Å². The lowest BCUT2D eigenvalue weighted by atomic mass is 11.0. The van der Waals surface area contributed by atoms with Gasteiger partial charge in [0.25, 0.3) is 0 Å². The van der Waals surface area contributed by atoms with Crippen LogP contribution < -0.4 is 0 Å². The van der Waals surface area contributed by atoms with Crippen molar-refractivity contribution in [2.24, 2.45) is 0 Å². The Kier molecular flexibility index (Phi) is 7.54. The highest BCUT2D eigenvalue weighted by molar-refractivity contribution is 8.45. The highest BCUT2D eigenvalue weighted by Crippen LogP contribution is 2.30. The van der Waals surface area contributed by atoms with Gasteiger partial charge in [0, 0.05) is 19.9 Å². The largest absolute Gasteiger partial charge is 0.324 e. The fraction of sp³-hybridized carbons (Fsp3) is 0.500. The van der Waals surface area contributed by atoms with Crippen LogP contribution in [-0.2, 0) is 4.31 Å². The van der Waals surface area contributed by atoms with Crippen LogP contribution in [0, 0.1) is 5.63 Å². The molecule has 2 atom stereocenters. The van der Waals surface area contributed by atoms with Crippen molar-refractivity contribution >= 4 is 27.9 Å². The molecule has 5 heteroatoms. The normalized spacial score (nSPS) is 10.6. The Bertz CT molecular complexity index is 85.4. The summed E-state index contributed by atoms with van der Waals surface area (Å²) in [7, 11) is 0.447. The minimum atomic E-state index is 0.144. The van der Waals surface area contributed by atoms with Gasteiger partial charge in [0.2, 0.25) is 0 Å². The summed E-state index contributed by atoms with van der Waals surface area (Å²) in [5.41, 5.74) is 2.79. The van der Waals surface area contributed by atoms with Gasteiger partial charge in [-0.1, -0.05) is 0 Å². The van der Waals surface area contributed by atoms with Crippen molar-refractivity contribution in [2.75, 3.05) is 0 Å². The van der Waals surface area contributed by atoms with E-state index < -0.39 is 0 Å². The van der Waals surface area contributed by atoms with Gasteiger partial charge in [-0.3, -0.25) is 0 Å². The second kappa shape index (κ2) is 6.78. The molecule has 0 aromatic heterocycles. The molecule has 0 aromatic carbocycles. The predicted octanol–water partition coefficient (Wildman–Crippen LogP) is 2.29. The maximum Gasteiger partial charge on any atom is 0.116 e. The van der Waals surface area contributed by atoms with E-state index in [2.05, 4.69) is 5.63 Å². The van der Waals surface area contributed by atoms with Gasteiger partial charge in [0.1, 0.15) is 8.01 Å². The van der Waals surface area contributed by atoms with Crippen LogP contribution in [0.5, 0.6) is 0 Å². The van der Waals surface area contributed by atoms with E-state index in [1.807, 2.05) is 0 Å². The highest BCUT2D eigenvalue weighted by Gasteiger charge is 1.72. The van der Waals surface area contributed by atoms with Gasteiger partial charge in [-0.2, -0.15) is 0 Å². The Morgan fingerprint density at radius 3 is 3.00 bits per heavy atom. The first-order valence-corrected chi connectivity index (χ1v) is 4.86. The molecule has 7 heavy (non-hydrogen) atoms. The Labute approximate surface area is 50.0 Å². The van der Waals surface area contributed by atoms with E-state index in [9.17, 15) is 0 Å². The molecule has 0 bridgehead atoms. The molecule has 0 heterocycles. The second-order valence-electron chi connectivity index (χ2n) is 0.629. The first kappa shape index (κ1) is 7.78. The van der Waals surface area contributed by atoms with Crippen molar-refractivity contribution < 1.29 is 8.86 Å². The van der Waals surface area contributed by atoms with E-state index in [-0.39, 0.29) is 8.01 Å². The van der Waals surface area contributed by atoms with E-state index >= 15 is 0 Å². The molecular formula is C2H6O2P2S. The Hall–Kier alpha value is 0.780. The summed E-state index contributed by atoms with van der Waals surface area (Å²) in [6, 6.07) is 0. The molecule has 0 rings (SSSR count). The zero-order chi connectivity index (χ0) is 5.54. The minimum absolute atomic E-state index is 0.144. The third-order valence-corrected chi connectivity index (χ3v) is 2.23. The number of hydrogen-bond acceptors (Lipinski definition) is 3. The lowest BCUT2D eigenvalue weighted by Gasteiger charge is -1.83. The van der Waals surface area contributed by atoms with Crippen molar-refractivity contribution in [3.63, 3.8) is 0 Å². The predicted molar refractivity (Wildman–Crippen MR) is 37.5 cm³/mol. The van der Waals surface area contributed by atoms with E-state index in [1.165, 1.54) is 0 Å². The Morgan fingerprint density at radius 2 is 2.57 bits per heavy atom.